The van der Waals surface area contributed by atoms with Crippen molar-refractivity contribution in [3.05, 3.63) is 65.8 Å². The molecule has 0 atom stereocenters. The second kappa shape index (κ2) is 8.88. The first-order valence-electron chi connectivity index (χ1n) is 8.58. The van der Waals surface area contributed by atoms with Gasteiger partial charge in [-0.3, -0.25) is 14.2 Å². The van der Waals surface area contributed by atoms with E-state index in [2.05, 4.69) is 25.0 Å². The van der Waals surface area contributed by atoms with E-state index >= 15 is 0 Å². The highest BCUT2D eigenvalue weighted by molar-refractivity contribution is 7.93. The molecule has 0 fully saturated rings. The number of carbonyl (C=O) groups is 1. The Bertz CT molecular complexity index is 1290. The lowest BCUT2D eigenvalue weighted by Crippen LogP contribution is -2.15. The summed E-state index contributed by atoms with van der Waals surface area (Å²) < 4.78 is 54.5. The molecule has 3 rings (SSSR count). The van der Waals surface area contributed by atoms with E-state index in [9.17, 15) is 21.6 Å². The molecule has 3 N–H and O–H groups in total. The molecule has 0 saturated carbocycles. The van der Waals surface area contributed by atoms with E-state index in [0.29, 0.717) is 5.69 Å². The van der Waals surface area contributed by atoms with Crippen LogP contribution in [0.3, 0.4) is 0 Å². The van der Waals surface area contributed by atoms with Crippen LogP contribution in [0, 0.1) is 0 Å². The molecule has 1 aromatic heterocycles. The number of aromatic nitrogens is 2. The summed E-state index contributed by atoms with van der Waals surface area (Å²) in [5.74, 6) is -0.293. The first kappa shape index (κ1) is 22.5. The molecular weight excluding hydrogens is 466 g/mol. The van der Waals surface area contributed by atoms with Gasteiger partial charge in [-0.05, 0) is 60.7 Å². The SMILES string of the molecule is CC(=O)Nc1ccc(S(=O)(=O)Nc2ccc(S(=O)(=O)Nc3ccc(Cl)nn3)cc2)cc1. The average molecular weight is 482 g/mol. The summed E-state index contributed by atoms with van der Waals surface area (Å²) in [6, 6.07) is 13.4. The van der Waals surface area contributed by atoms with Crippen LogP contribution in [0.1, 0.15) is 6.92 Å². The van der Waals surface area contributed by atoms with Crippen LogP contribution in [-0.2, 0) is 24.8 Å². The van der Waals surface area contributed by atoms with Crippen molar-refractivity contribution < 1.29 is 21.6 Å². The van der Waals surface area contributed by atoms with E-state index in [-0.39, 0.29) is 32.4 Å². The maximum Gasteiger partial charge on any atom is 0.263 e. The van der Waals surface area contributed by atoms with Gasteiger partial charge in [0.05, 0.1) is 9.79 Å². The molecule has 0 aliphatic rings. The van der Waals surface area contributed by atoms with Gasteiger partial charge in [-0.25, -0.2) is 16.8 Å². The van der Waals surface area contributed by atoms with Crippen LogP contribution >= 0.6 is 11.6 Å². The molecule has 3 aromatic rings. The Hall–Kier alpha value is -3.22. The number of nitrogens with one attached hydrogen (secondary N) is 3. The summed E-state index contributed by atoms with van der Waals surface area (Å²) in [5, 5.41) is 9.83. The molecule has 31 heavy (non-hydrogen) atoms. The number of hydrogen-bond acceptors (Lipinski definition) is 7. The fraction of sp³-hybridized carbons (Fsp3) is 0.0556. The van der Waals surface area contributed by atoms with E-state index in [1.165, 1.54) is 67.6 Å². The van der Waals surface area contributed by atoms with Gasteiger partial charge in [0.25, 0.3) is 20.0 Å². The van der Waals surface area contributed by atoms with Crippen molar-refractivity contribution in [3.8, 4) is 0 Å². The number of carbonyl (C=O) groups excluding carboxylic acids is 1. The van der Waals surface area contributed by atoms with Gasteiger partial charge in [0.1, 0.15) is 0 Å². The monoisotopic (exact) mass is 481 g/mol. The second-order valence-electron chi connectivity index (χ2n) is 6.18. The van der Waals surface area contributed by atoms with Crippen molar-refractivity contribution in [1.29, 1.82) is 0 Å². The molecule has 0 aliphatic heterocycles. The zero-order chi connectivity index (χ0) is 22.6. The van der Waals surface area contributed by atoms with Gasteiger partial charge in [-0.1, -0.05) is 11.6 Å². The lowest BCUT2D eigenvalue weighted by atomic mass is 10.3. The summed E-state index contributed by atoms with van der Waals surface area (Å²) in [6.07, 6.45) is 0. The fourth-order valence-corrected chi connectivity index (χ4v) is 4.56. The predicted octanol–water partition coefficient (Wildman–Crippen LogP) is 2.69. The Labute approximate surface area is 183 Å². The maximum atomic E-state index is 12.5. The van der Waals surface area contributed by atoms with Crippen LogP contribution in [0.4, 0.5) is 17.2 Å². The van der Waals surface area contributed by atoms with Crippen molar-refractivity contribution in [2.24, 2.45) is 0 Å². The number of amides is 1. The van der Waals surface area contributed by atoms with Crippen LogP contribution in [0.15, 0.2) is 70.5 Å². The Morgan fingerprint density at radius 1 is 0.742 bits per heavy atom. The molecule has 13 heteroatoms. The highest BCUT2D eigenvalue weighted by Crippen LogP contribution is 2.21. The smallest absolute Gasteiger partial charge is 0.263 e. The number of nitrogens with zero attached hydrogens (tertiary/aromatic N) is 2. The summed E-state index contributed by atoms with van der Waals surface area (Å²) in [5.41, 5.74) is 0.620. The molecule has 0 aliphatic carbocycles. The van der Waals surface area contributed by atoms with Crippen LogP contribution in [0.2, 0.25) is 5.15 Å². The van der Waals surface area contributed by atoms with Crippen LogP contribution in [0.5, 0.6) is 0 Å². The zero-order valence-electron chi connectivity index (χ0n) is 15.9. The van der Waals surface area contributed by atoms with Crippen LogP contribution in [0.25, 0.3) is 0 Å². The summed E-state index contributed by atoms with van der Waals surface area (Å²) >= 11 is 5.62. The first-order valence-corrected chi connectivity index (χ1v) is 11.9. The topological polar surface area (TPSA) is 147 Å². The molecular formula is C18H16ClN5O5S2. The number of sulfonamides is 2. The summed E-state index contributed by atoms with van der Waals surface area (Å²) in [4.78, 5) is 10.9. The van der Waals surface area contributed by atoms with E-state index in [1.807, 2.05) is 0 Å². The molecule has 0 spiro atoms. The van der Waals surface area contributed by atoms with Crippen LogP contribution in [-0.4, -0.2) is 32.9 Å². The van der Waals surface area contributed by atoms with E-state index < -0.39 is 20.0 Å². The quantitative estimate of drug-likeness (QED) is 0.470. The van der Waals surface area contributed by atoms with E-state index in [1.54, 1.807) is 0 Å². The Kier molecular flexibility index (Phi) is 6.43. The number of benzene rings is 2. The number of halogens is 1. The van der Waals surface area contributed by atoms with Crippen molar-refractivity contribution in [2.45, 2.75) is 16.7 Å². The third kappa shape index (κ3) is 5.90. The maximum absolute atomic E-state index is 12.5. The Morgan fingerprint density at radius 2 is 1.26 bits per heavy atom. The van der Waals surface area contributed by atoms with E-state index in [0.717, 1.165) is 0 Å². The standard InChI is InChI=1S/C18H16ClN5O5S2/c1-12(25)20-13-2-6-15(7-3-13)30(26,27)23-14-4-8-16(9-5-14)31(28,29)24-18-11-10-17(19)21-22-18/h2-11,23H,1H3,(H,20,25)(H,22,24). The van der Waals surface area contributed by atoms with Crippen molar-refractivity contribution in [2.75, 3.05) is 14.8 Å². The highest BCUT2D eigenvalue weighted by atomic mass is 35.5. The lowest BCUT2D eigenvalue weighted by Gasteiger charge is -2.10. The van der Waals surface area contributed by atoms with Gasteiger partial charge in [0.2, 0.25) is 5.91 Å². The van der Waals surface area contributed by atoms with Crippen molar-refractivity contribution in [1.82, 2.24) is 10.2 Å². The largest absolute Gasteiger partial charge is 0.326 e. The van der Waals surface area contributed by atoms with Gasteiger partial charge in [-0.15, -0.1) is 10.2 Å². The first-order chi connectivity index (χ1) is 14.5. The molecule has 2 aromatic carbocycles. The number of hydrogen-bond donors (Lipinski definition) is 3. The molecule has 0 radical (unpaired) electrons. The van der Waals surface area contributed by atoms with Crippen molar-refractivity contribution >= 4 is 54.7 Å². The average Bonchev–Trinajstić information content (AvgIpc) is 2.70. The van der Waals surface area contributed by atoms with Crippen molar-refractivity contribution in [3.63, 3.8) is 0 Å². The Balaban J connectivity index is 1.73. The molecule has 0 bridgehead atoms. The van der Waals surface area contributed by atoms with Gasteiger partial charge in [0, 0.05) is 18.3 Å². The molecule has 10 nitrogen and oxygen atoms in total. The van der Waals surface area contributed by atoms with Gasteiger partial charge >= 0.3 is 0 Å². The second-order valence-corrected chi connectivity index (χ2v) is 9.93. The predicted molar refractivity (Wildman–Crippen MR) is 116 cm³/mol. The third-order valence-electron chi connectivity index (χ3n) is 3.77. The van der Waals surface area contributed by atoms with Gasteiger partial charge < -0.3 is 5.32 Å². The normalized spacial score (nSPS) is 11.5. The lowest BCUT2D eigenvalue weighted by molar-refractivity contribution is -0.114. The number of rotatable bonds is 7. The van der Waals surface area contributed by atoms with Gasteiger partial charge in [0.15, 0.2) is 11.0 Å². The fourth-order valence-electron chi connectivity index (χ4n) is 2.40. The molecule has 0 unspecified atom stereocenters. The Morgan fingerprint density at radius 3 is 1.74 bits per heavy atom. The number of anilines is 3. The molecule has 1 amide bonds. The highest BCUT2D eigenvalue weighted by Gasteiger charge is 2.17. The molecule has 1 heterocycles. The minimum Gasteiger partial charge on any atom is -0.326 e. The third-order valence-corrected chi connectivity index (χ3v) is 6.74. The minimum absolute atomic E-state index is 0.0168. The molecule has 162 valence electrons. The summed E-state index contributed by atoms with van der Waals surface area (Å²) in [7, 11) is -7.88. The van der Waals surface area contributed by atoms with E-state index in [4.69, 9.17) is 11.6 Å². The van der Waals surface area contributed by atoms with Gasteiger partial charge in [-0.2, -0.15) is 0 Å². The minimum atomic E-state index is -3.96. The van der Waals surface area contributed by atoms with Crippen LogP contribution < -0.4 is 14.8 Å². The summed E-state index contributed by atoms with van der Waals surface area (Å²) in [6.45, 7) is 1.34. The zero-order valence-corrected chi connectivity index (χ0v) is 18.3. The molecule has 0 saturated heterocycles.